The number of nitrogens with two attached hydrogens (primary N) is 1. The van der Waals surface area contributed by atoms with Gasteiger partial charge in [0.25, 0.3) is 0 Å². The predicted octanol–water partition coefficient (Wildman–Crippen LogP) is 1.93. The molecule has 0 amide bonds. The SMILES string of the molecule is CCSCCCN1CCN(c2ccncc2N)CC1. The van der Waals surface area contributed by atoms with Gasteiger partial charge in [0, 0.05) is 32.4 Å². The highest BCUT2D eigenvalue weighted by atomic mass is 32.2. The number of nitrogens with zero attached hydrogens (tertiary/aromatic N) is 3. The molecular formula is C14H24N4S. The van der Waals surface area contributed by atoms with Crippen molar-refractivity contribution in [1.82, 2.24) is 9.88 Å². The molecule has 2 N–H and O–H groups in total. The van der Waals surface area contributed by atoms with Crippen molar-refractivity contribution in [2.45, 2.75) is 13.3 Å². The fraction of sp³-hybridized carbons (Fsp3) is 0.643. The highest BCUT2D eigenvalue weighted by molar-refractivity contribution is 7.99. The molecule has 1 aromatic heterocycles. The Bertz CT molecular complexity index is 377. The van der Waals surface area contributed by atoms with Crippen molar-refractivity contribution >= 4 is 23.1 Å². The average molecular weight is 280 g/mol. The van der Waals surface area contributed by atoms with E-state index in [9.17, 15) is 0 Å². The molecule has 1 aliphatic heterocycles. The zero-order valence-corrected chi connectivity index (χ0v) is 12.5. The lowest BCUT2D eigenvalue weighted by atomic mass is 10.2. The Morgan fingerprint density at radius 1 is 1.32 bits per heavy atom. The lowest BCUT2D eigenvalue weighted by molar-refractivity contribution is 0.259. The molecule has 4 nitrogen and oxygen atoms in total. The normalized spacial score (nSPS) is 16.8. The van der Waals surface area contributed by atoms with Crippen LogP contribution in [0.3, 0.4) is 0 Å². The largest absolute Gasteiger partial charge is 0.396 e. The van der Waals surface area contributed by atoms with Crippen molar-refractivity contribution in [3.05, 3.63) is 18.5 Å². The Hall–Kier alpha value is -0.940. The van der Waals surface area contributed by atoms with Gasteiger partial charge in [-0.1, -0.05) is 6.92 Å². The Morgan fingerprint density at radius 2 is 2.11 bits per heavy atom. The first kappa shape index (κ1) is 14.5. The van der Waals surface area contributed by atoms with Crippen LogP contribution in [0.1, 0.15) is 13.3 Å². The lowest BCUT2D eigenvalue weighted by Crippen LogP contribution is -2.46. The smallest absolute Gasteiger partial charge is 0.0738 e. The summed E-state index contributed by atoms with van der Waals surface area (Å²) in [6, 6.07) is 2.02. The molecule has 19 heavy (non-hydrogen) atoms. The number of rotatable bonds is 6. The van der Waals surface area contributed by atoms with Crippen LogP contribution in [0.15, 0.2) is 18.5 Å². The summed E-state index contributed by atoms with van der Waals surface area (Å²) in [5.74, 6) is 2.52. The van der Waals surface area contributed by atoms with E-state index < -0.39 is 0 Å². The van der Waals surface area contributed by atoms with Crippen molar-refractivity contribution in [2.24, 2.45) is 0 Å². The number of pyridine rings is 1. The molecule has 1 aliphatic rings. The molecule has 0 unspecified atom stereocenters. The molecule has 0 aliphatic carbocycles. The molecule has 1 saturated heterocycles. The minimum atomic E-state index is 0.787. The highest BCUT2D eigenvalue weighted by Gasteiger charge is 2.17. The highest BCUT2D eigenvalue weighted by Crippen LogP contribution is 2.22. The van der Waals surface area contributed by atoms with Gasteiger partial charge in [0.1, 0.15) is 0 Å². The van der Waals surface area contributed by atoms with Crippen LogP contribution in [-0.2, 0) is 0 Å². The van der Waals surface area contributed by atoms with Crippen molar-refractivity contribution in [3.8, 4) is 0 Å². The summed E-state index contributed by atoms with van der Waals surface area (Å²) in [7, 11) is 0. The van der Waals surface area contributed by atoms with Crippen LogP contribution < -0.4 is 10.6 Å². The molecule has 5 heteroatoms. The van der Waals surface area contributed by atoms with Gasteiger partial charge in [-0.15, -0.1) is 0 Å². The van der Waals surface area contributed by atoms with Crippen LogP contribution >= 0.6 is 11.8 Å². The average Bonchev–Trinajstić information content (AvgIpc) is 2.45. The molecule has 0 saturated carbocycles. The fourth-order valence-electron chi connectivity index (χ4n) is 2.43. The third-order valence-electron chi connectivity index (χ3n) is 3.51. The van der Waals surface area contributed by atoms with E-state index in [1.165, 1.54) is 24.5 Å². The molecule has 0 spiro atoms. The first-order valence-corrected chi connectivity index (χ1v) is 8.21. The van der Waals surface area contributed by atoms with Crippen LogP contribution in [0, 0.1) is 0 Å². The molecule has 106 valence electrons. The topological polar surface area (TPSA) is 45.4 Å². The van der Waals surface area contributed by atoms with E-state index in [-0.39, 0.29) is 0 Å². The standard InChI is InChI=1S/C14H24N4S/c1-2-19-11-3-6-17-7-9-18(10-8-17)14-4-5-16-12-13(14)15/h4-5,12H,2-3,6-11,15H2,1H3. The number of hydrogen-bond donors (Lipinski definition) is 1. The van der Waals surface area contributed by atoms with Crippen molar-refractivity contribution in [1.29, 1.82) is 0 Å². The Morgan fingerprint density at radius 3 is 2.79 bits per heavy atom. The number of piperazine rings is 1. The molecule has 0 aromatic carbocycles. The van der Waals surface area contributed by atoms with Gasteiger partial charge in [0.15, 0.2) is 0 Å². The maximum Gasteiger partial charge on any atom is 0.0738 e. The van der Waals surface area contributed by atoms with Gasteiger partial charge >= 0.3 is 0 Å². The molecule has 1 aromatic rings. The number of hydrogen-bond acceptors (Lipinski definition) is 5. The Labute approximate surface area is 120 Å². The maximum atomic E-state index is 5.98. The van der Waals surface area contributed by atoms with Crippen molar-refractivity contribution in [3.63, 3.8) is 0 Å². The third kappa shape index (κ3) is 4.28. The first-order chi connectivity index (χ1) is 9.31. The lowest BCUT2D eigenvalue weighted by Gasteiger charge is -2.36. The van der Waals surface area contributed by atoms with E-state index >= 15 is 0 Å². The van der Waals surface area contributed by atoms with Crippen LogP contribution in [0.2, 0.25) is 0 Å². The van der Waals surface area contributed by atoms with Gasteiger partial charge in [-0.2, -0.15) is 11.8 Å². The van der Waals surface area contributed by atoms with Crippen LogP contribution in [0.4, 0.5) is 11.4 Å². The van der Waals surface area contributed by atoms with Gasteiger partial charge in [-0.3, -0.25) is 9.88 Å². The molecule has 0 atom stereocenters. The van der Waals surface area contributed by atoms with E-state index in [2.05, 4.69) is 21.7 Å². The van der Waals surface area contributed by atoms with Gasteiger partial charge in [-0.25, -0.2) is 0 Å². The van der Waals surface area contributed by atoms with Gasteiger partial charge in [0.05, 0.1) is 17.6 Å². The Balaban J connectivity index is 1.75. The van der Waals surface area contributed by atoms with Gasteiger partial charge in [0.2, 0.25) is 0 Å². The van der Waals surface area contributed by atoms with Crippen LogP contribution in [0.25, 0.3) is 0 Å². The van der Waals surface area contributed by atoms with E-state index in [4.69, 9.17) is 5.73 Å². The molecule has 2 rings (SSSR count). The monoisotopic (exact) mass is 280 g/mol. The summed E-state index contributed by atoms with van der Waals surface area (Å²) < 4.78 is 0. The second-order valence-corrected chi connectivity index (χ2v) is 6.21. The minimum absolute atomic E-state index is 0.787. The maximum absolute atomic E-state index is 5.98. The van der Waals surface area contributed by atoms with E-state index in [1.807, 2.05) is 24.0 Å². The van der Waals surface area contributed by atoms with Crippen molar-refractivity contribution < 1.29 is 0 Å². The summed E-state index contributed by atoms with van der Waals surface area (Å²) in [5, 5.41) is 0. The molecular weight excluding hydrogens is 256 g/mol. The number of anilines is 2. The number of aromatic nitrogens is 1. The second-order valence-electron chi connectivity index (χ2n) is 4.81. The summed E-state index contributed by atoms with van der Waals surface area (Å²) >= 11 is 2.04. The minimum Gasteiger partial charge on any atom is -0.396 e. The predicted molar refractivity (Wildman–Crippen MR) is 84.9 cm³/mol. The fourth-order valence-corrected chi connectivity index (χ4v) is 3.06. The molecule has 0 radical (unpaired) electrons. The van der Waals surface area contributed by atoms with Gasteiger partial charge in [-0.05, 0) is 30.5 Å². The zero-order valence-electron chi connectivity index (χ0n) is 11.7. The summed E-state index contributed by atoms with van der Waals surface area (Å²) in [6.45, 7) is 7.86. The zero-order chi connectivity index (χ0) is 13.5. The van der Waals surface area contributed by atoms with Crippen LogP contribution in [0.5, 0.6) is 0 Å². The number of nitrogen functional groups attached to an aromatic ring is 1. The second kappa shape index (κ2) is 7.60. The van der Waals surface area contributed by atoms with Crippen LogP contribution in [-0.4, -0.2) is 54.1 Å². The molecule has 2 heterocycles. The third-order valence-corrected chi connectivity index (χ3v) is 4.49. The molecule has 1 fully saturated rings. The first-order valence-electron chi connectivity index (χ1n) is 7.05. The van der Waals surface area contributed by atoms with Crippen molar-refractivity contribution in [2.75, 3.05) is 54.9 Å². The van der Waals surface area contributed by atoms with E-state index in [0.717, 1.165) is 37.6 Å². The quantitative estimate of drug-likeness (QED) is 0.807. The summed E-state index contributed by atoms with van der Waals surface area (Å²) in [6.07, 6.45) is 4.86. The van der Waals surface area contributed by atoms with E-state index in [1.54, 1.807) is 6.20 Å². The summed E-state index contributed by atoms with van der Waals surface area (Å²) in [5.41, 5.74) is 7.90. The van der Waals surface area contributed by atoms with Gasteiger partial charge < -0.3 is 10.6 Å². The number of thioether (sulfide) groups is 1. The Kier molecular flexibility index (Phi) is 5.79. The molecule has 0 bridgehead atoms. The summed E-state index contributed by atoms with van der Waals surface area (Å²) in [4.78, 5) is 8.98. The van der Waals surface area contributed by atoms with E-state index in [0.29, 0.717) is 0 Å².